The van der Waals surface area contributed by atoms with Crippen LogP contribution in [0.5, 0.6) is 11.5 Å². The second-order valence-corrected chi connectivity index (χ2v) is 7.67. The Morgan fingerprint density at radius 1 is 0.968 bits per heavy atom. The van der Waals surface area contributed by atoms with Crippen molar-refractivity contribution >= 4 is 34.7 Å². The summed E-state index contributed by atoms with van der Waals surface area (Å²) in [6.07, 6.45) is 1.65. The van der Waals surface area contributed by atoms with E-state index in [0.29, 0.717) is 33.2 Å². The van der Waals surface area contributed by atoms with Crippen LogP contribution in [0, 0.1) is 5.82 Å². The lowest BCUT2D eigenvalue weighted by molar-refractivity contribution is -0.113. The number of thioether (sulfide) groups is 1. The van der Waals surface area contributed by atoms with Gasteiger partial charge in [0.1, 0.15) is 12.4 Å². The summed E-state index contributed by atoms with van der Waals surface area (Å²) in [7, 11) is 1.51. The molecule has 0 bridgehead atoms. The largest absolute Gasteiger partial charge is 0.493 e. The average Bonchev–Trinajstić information content (AvgIpc) is 3.06. The first-order chi connectivity index (χ1) is 15.0. The number of nitrogens with zero attached hydrogens (tertiary/aromatic N) is 1. The van der Waals surface area contributed by atoms with E-state index in [-0.39, 0.29) is 23.6 Å². The highest BCUT2D eigenvalue weighted by Crippen LogP contribution is 2.37. The fourth-order valence-electron chi connectivity index (χ4n) is 3.10. The number of para-hydroxylation sites is 1. The number of ether oxygens (including phenoxy) is 2. The number of hydrogen-bond donors (Lipinski definition) is 0. The van der Waals surface area contributed by atoms with Gasteiger partial charge in [0.25, 0.3) is 11.1 Å². The molecule has 0 atom stereocenters. The highest BCUT2D eigenvalue weighted by atomic mass is 32.2. The van der Waals surface area contributed by atoms with Gasteiger partial charge in [-0.15, -0.1) is 0 Å². The number of imide groups is 1. The number of carbonyl (C=O) groups is 2. The van der Waals surface area contributed by atoms with Crippen molar-refractivity contribution in [3.05, 3.63) is 94.6 Å². The molecule has 3 aromatic carbocycles. The maximum Gasteiger partial charge on any atom is 0.298 e. The molecule has 1 fully saturated rings. The number of halogens is 1. The molecule has 0 spiro atoms. The van der Waals surface area contributed by atoms with Gasteiger partial charge in [-0.25, -0.2) is 9.29 Å². The fourth-order valence-corrected chi connectivity index (χ4v) is 3.94. The summed E-state index contributed by atoms with van der Waals surface area (Å²) in [5.41, 5.74) is 1.92. The number of hydrogen-bond acceptors (Lipinski definition) is 5. The molecule has 2 amide bonds. The van der Waals surface area contributed by atoms with Crippen molar-refractivity contribution in [2.45, 2.75) is 6.61 Å². The Morgan fingerprint density at radius 2 is 1.77 bits per heavy atom. The number of amides is 2. The fraction of sp³-hybridized carbons (Fsp3) is 0.0833. The minimum atomic E-state index is -0.369. The molecule has 156 valence electrons. The van der Waals surface area contributed by atoms with Crippen molar-refractivity contribution in [2.75, 3.05) is 12.0 Å². The molecule has 1 saturated heterocycles. The van der Waals surface area contributed by atoms with Crippen LogP contribution in [0.2, 0.25) is 0 Å². The normalized spacial score (nSPS) is 14.9. The van der Waals surface area contributed by atoms with Crippen LogP contribution in [0.1, 0.15) is 11.1 Å². The van der Waals surface area contributed by atoms with E-state index >= 15 is 0 Å². The quantitative estimate of drug-likeness (QED) is 0.468. The zero-order valence-electron chi connectivity index (χ0n) is 16.6. The molecule has 0 radical (unpaired) electrons. The van der Waals surface area contributed by atoms with Crippen molar-refractivity contribution in [3.63, 3.8) is 0 Å². The molecule has 1 aliphatic heterocycles. The van der Waals surface area contributed by atoms with Gasteiger partial charge in [-0.05, 0) is 65.4 Å². The molecule has 0 aliphatic carbocycles. The number of rotatable bonds is 6. The summed E-state index contributed by atoms with van der Waals surface area (Å²) < 4.78 is 24.5. The molecule has 1 aliphatic rings. The minimum absolute atomic E-state index is 0.184. The predicted molar refractivity (Wildman–Crippen MR) is 119 cm³/mol. The highest BCUT2D eigenvalue weighted by Gasteiger charge is 2.36. The molecule has 3 aromatic rings. The average molecular weight is 435 g/mol. The van der Waals surface area contributed by atoms with Crippen molar-refractivity contribution < 1.29 is 23.5 Å². The summed E-state index contributed by atoms with van der Waals surface area (Å²) in [6, 6.07) is 20.2. The van der Waals surface area contributed by atoms with Crippen molar-refractivity contribution in [1.29, 1.82) is 0 Å². The van der Waals surface area contributed by atoms with E-state index in [2.05, 4.69) is 0 Å². The van der Waals surface area contributed by atoms with Crippen molar-refractivity contribution in [2.24, 2.45) is 0 Å². The van der Waals surface area contributed by atoms with Gasteiger partial charge < -0.3 is 9.47 Å². The zero-order chi connectivity index (χ0) is 21.8. The van der Waals surface area contributed by atoms with Gasteiger partial charge >= 0.3 is 0 Å². The first-order valence-electron chi connectivity index (χ1n) is 9.43. The molecule has 5 nitrogen and oxygen atoms in total. The Bertz CT molecular complexity index is 1160. The van der Waals surface area contributed by atoms with E-state index in [1.54, 1.807) is 60.7 Å². The Morgan fingerprint density at radius 3 is 2.52 bits per heavy atom. The molecular formula is C24H18FNO4S. The number of anilines is 1. The third-order valence-corrected chi connectivity index (χ3v) is 5.45. The van der Waals surface area contributed by atoms with Crippen LogP contribution < -0.4 is 14.4 Å². The smallest absolute Gasteiger partial charge is 0.298 e. The van der Waals surface area contributed by atoms with Crippen LogP contribution in [0.3, 0.4) is 0 Å². The Labute approximate surface area is 183 Å². The molecule has 7 heteroatoms. The van der Waals surface area contributed by atoms with E-state index in [1.807, 2.05) is 6.07 Å². The summed E-state index contributed by atoms with van der Waals surface area (Å²) in [5, 5.41) is -0.343. The van der Waals surface area contributed by atoms with E-state index in [1.165, 1.54) is 19.2 Å². The van der Waals surface area contributed by atoms with Gasteiger partial charge in [-0.3, -0.25) is 9.59 Å². The Balaban J connectivity index is 1.53. The van der Waals surface area contributed by atoms with Crippen LogP contribution in [0.15, 0.2) is 77.7 Å². The third-order valence-electron chi connectivity index (χ3n) is 4.58. The predicted octanol–water partition coefficient (Wildman–Crippen LogP) is 5.65. The Hall–Kier alpha value is -3.58. The number of methoxy groups -OCH3 is 1. The summed E-state index contributed by atoms with van der Waals surface area (Å²) >= 11 is 0.889. The number of carbonyl (C=O) groups excluding carboxylic acids is 2. The first-order valence-corrected chi connectivity index (χ1v) is 10.2. The van der Waals surface area contributed by atoms with Gasteiger partial charge in [-0.2, -0.15) is 0 Å². The highest BCUT2D eigenvalue weighted by molar-refractivity contribution is 8.19. The molecule has 0 saturated carbocycles. The van der Waals surface area contributed by atoms with E-state index in [4.69, 9.17) is 9.47 Å². The van der Waals surface area contributed by atoms with Crippen molar-refractivity contribution in [3.8, 4) is 11.5 Å². The lowest BCUT2D eigenvalue weighted by Crippen LogP contribution is -2.27. The van der Waals surface area contributed by atoms with Gasteiger partial charge in [0, 0.05) is 0 Å². The molecule has 0 aromatic heterocycles. The molecule has 1 heterocycles. The van der Waals surface area contributed by atoms with Crippen LogP contribution in [-0.2, 0) is 11.4 Å². The van der Waals surface area contributed by atoms with Gasteiger partial charge in [0.05, 0.1) is 17.7 Å². The lowest BCUT2D eigenvalue weighted by Gasteiger charge is -2.12. The molecule has 0 unspecified atom stereocenters. The SMILES string of the molecule is COc1cc(/C=C2\SC(=O)N(c3ccccc3)C2=O)ccc1OCc1cccc(F)c1. The van der Waals surface area contributed by atoms with Crippen molar-refractivity contribution in [1.82, 2.24) is 0 Å². The van der Waals surface area contributed by atoms with Crippen LogP contribution >= 0.6 is 11.8 Å². The van der Waals surface area contributed by atoms with E-state index in [0.717, 1.165) is 16.7 Å². The monoisotopic (exact) mass is 435 g/mol. The second kappa shape index (κ2) is 9.06. The summed E-state index contributed by atoms with van der Waals surface area (Å²) in [4.78, 5) is 26.6. The molecule has 4 rings (SSSR count). The Kier molecular flexibility index (Phi) is 6.04. The van der Waals surface area contributed by atoms with Crippen LogP contribution in [0.25, 0.3) is 6.08 Å². The van der Waals surface area contributed by atoms with E-state index < -0.39 is 0 Å². The van der Waals surface area contributed by atoms with Crippen LogP contribution in [0.4, 0.5) is 14.9 Å². The van der Waals surface area contributed by atoms with Gasteiger partial charge in [0.2, 0.25) is 0 Å². The third kappa shape index (κ3) is 4.62. The van der Waals surface area contributed by atoms with Gasteiger partial charge in [0.15, 0.2) is 11.5 Å². The second-order valence-electron chi connectivity index (χ2n) is 6.68. The van der Waals surface area contributed by atoms with Crippen LogP contribution in [-0.4, -0.2) is 18.3 Å². The zero-order valence-corrected chi connectivity index (χ0v) is 17.4. The molecule has 0 N–H and O–H groups in total. The molecular weight excluding hydrogens is 417 g/mol. The lowest BCUT2D eigenvalue weighted by atomic mass is 10.1. The topological polar surface area (TPSA) is 55.8 Å². The minimum Gasteiger partial charge on any atom is -0.493 e. The summed E-state index contributed by atoms with van der Waals surface area (Å²) in [5.74, 6) is 0.258. The van der Waals surface area contributed by atoms with E-state index in [9.17, 15) is 14.0 Å². The number of benzene rings is 3. The van der Waals surface area contributed by atoms with Gasteiger partial charge in [-0.1, -0.05) is 36.4 Å². The maximum atomic E-state index is 13.3. The standard InChI is InChI=1S/C24H18FNO4S/c1-29-21-13-16(10-11-20(21)30-15-17-6-5-7-18(25)12-17)14-22-23(27)26(24(28)31-22)19-8-3-2-4-9-19/h2-14H,15H2,1H3/b22-14-. The summed E-state index contributed by atoms with van der Waals surface area (Å²) in [6.45, 7) is 0.184. The molecule has 31 heavy (non-hydrogen) atoms. The first kappa shape index (κ1) is 20.7. The maximum absolute atomic E-state index is 13.3.